The average Bonchev–Trinajstić information content (AvgIpc) is 2.20. The van der Waals surface area contributed by atoms with Crippen LogP contribution in [0.1, 0.15) is 19.8 Å². The molecule has 0 aromatic carbocycles. The lowest BCUT2D eigenvalue weighted by atomic mass is 9.99. The van der Waals surface area contributed by atoms with Gasteiger partial charge in [0.2, 0.25) is 0 Å². The third-order valence-electron chi connectivity index (χ3n) is 2.36. The molecular weight excluding hydrogens is 128 g/mol. The normalized spacial score (nSPS) is 33.2. The number of hydrogen-bond acceptors (Lipinski definition) is 2. The van der Waals surface area contributed by atoms with Crippen molar-refractivity contribution in [2.75, 3.05) is 13.7 Å². The molecule has 2 nitrogen and oxygen atoms in total. The van der Waals surface area contributed by atoms with Crippen molar-refractivity contribution >= 4 is 5.78 Å². The minimum atomic E-state index is 0.236. The van der Waals surface area contributed by atoms with Crippen molar-refractivity contribution in [3.63, 3.8) is 0 Å². The molecule has 0 saturated heterocycles. The Morgan fingerprint density at radius 2 is 2.40 bits per heavy atom. The largest absolute Gasteiger partial charge is 0.384 e. The Kier molecular flexibility index (Phi) is 2.44. The number of hydrogen-bond donors (Lipinski definition) is 0. The van der Waals surface area contributed by atoms with Gasteiger partial charge in [-0.25, -0.2) is 0 Å². The molecule has 1 saturated carbocycles. The summed E-state index contributed by atoms with van der Waals surface area (Å²) < 4.78 is 4.99. The molecule has 1 aliphatic carbocycles. The molecule has 0 spiro atoms. The zero-order valence-corrected chi connectivity index (χ0v) is 6.59. The summed E-state index contributed by atoms with van der Waals surface area (Å²) in [6, 6.07) is 0. The highest BCUT2D eigenvalue weighted by Crippen LogP contribution is 2.27. The Morgan fingerprint density at radius 3 is 2.80 bits per heavy atom. The van der Waals surface area contributed by atoms with E-state index in [1.54, 1.807) is 7.11 Å². The van der Waals surface area contributed by atoms with Gasteiger partial charge in [-0.05, 0) is 12.3 Å². The van der Waals surface area contributed by atoms with Gasteiger partial charge in [0.25, 0.3) is 0 Å². The van der Waals surface area contributed by atoms with E-state index in [9.17, 15) is 4.79 Å². The number of carbonyl (C=O) groups excluding carboxylic acids is 1. The van der Waals surface area contributed by atoms with Crippen molar-refractivity contribution in [3.8, 4) is 0 Å². The van der Waals surface area contributed by atoms with Gasteiger partial charge in [-0.1, -0.05) is 6.92 Å². The van der Waals surface area contributed by atoms with Gasteiger partial charge in [0.05, 0.1) is 0 Å². The Labute approximate surface area is 61.6 Å². The van der Waals surface area contributed by atoms with E-state index in [1.165, 1.54) is 0 Å². The topological polar surface area (TPSA) is 26.3 Å². The average molecular weight is 142 g/mol. The SMILES string of the molecule is COCC1CCC(=O)C1C. The Balaban J connectivity index is 2.41. The summed E-state index contributed by atoms with van der Waals surface area (Å²) in [5.74, 6) is 1.12. The smallest absolute Gasteiger partial charge is 0.136 e. The van der Waals surface area contributed by atoms with Crippen molar-refractivity contribution in [2.45, 2.75) is 19.8 Å². The van der Waals surface area contributed by atoms with Crippen LogP contribution in [0.4, 0.5) is 0 Å². The summed E-state index contributed by atoms with van der Waals surface area (Å²) >= 11 is 0. The van der Waals surface area contributed by atoms with Gasteiger partial charge in [0.1, 0.15) is 5.78 Å². The number of ether oxygens (including phenoxy) is 1. The highest BCUT2D eigenvalue weighted by molar-refractivity contribution is 5.82. The Bertz CT molecular complexity index is 131. The van der Waals surface area contributed by atoms with Gasteiger partial charge >= 0.3 is 0 Å². The summed E-state index contributed by atoms with van der Waals surface area (Å²) in [5.41, 5.74) is 0. The maximum Gasteiger partial charge on any atom is 0.136 e. The first-order chi connectivity index (χ1) is 4.75. The van der Waals surface area contributed by atoms with E-state index in [0.29, 0.717) is 11.7 Å². The van der Waals surface area contributed by atoms with Crippen LogP contribution in [-0.4, -0.2) is 19.5 Å². The Hall–Kier alpha value is -0.370. The lowest BCUT2D eigenvalue weighted by Crippen LogP contribution is -2.14. The number of Topliss-reactive ketones (excluding diaryl/α,β-unsaturated/α-hetero) is 1. The van der Waals surface area contributed by atoms with Crippen LogP contribution in [0.15, 0.2) is 0 Å². The fourth-order valence-corrected chi connectivity index (χ4v) is 1.51. The second-order valence-electron chi connectivity index (χ2n) is 3.01. The molecule has 1 fully saturated rings. The molecule has 0 aromatic rings. The Morgan fingerprint density at radius 1 is 1.70 bits per heavy atom. The second kappa shape index (κ2) is 3.15. The molecule has 0 amide bonds. The van der Waals surface area contributed by atoms with Crippen LogP contribution in [0, 0.1) is 11.8 Å². The van der Waals surface area contributed by atoms with Crippen molar-refractivity contribution in [1.29, 1.82) is 0 Å². The van der Waals surface area contributed by atoms with E-state index >= 15 is 0 Å². The monoisotopic (exact) mass is 142 g/mol. The molecule has 2 heteroatoms. The molecule has 0 radical (unpaired) electrons. The number of ketones is 1. The van der Waals surface area contributed by atoms with E-state index in [0.717, 1.165) is 19.4 Å². The quantitative estimate of drug-likeness (QED) is 0.580. The van der Waals surface area contributed by atoms with Crippen LogP contribution in [0.5, 0.6) is 0 Å². The predicted octanol–water partition coefficient (Wildman–Crippen LogP) is 1.25. The number of rotatable bonds is 2. The highest BCUT2D eigenvalue weighted by atomic mass is 16.5. The van der Waals surface area contributed by atoms with E-state index in [2.05, 4.69) is 0 Å². The molecule has 0 heterocycles. The van der Waals surface area contributed by atoms with Gasteiger partial charge in [0.15, 0.2) is 0 Å². The van der Waals surface area contributed by atoms with E-state index in [-0.39, 0.29) is 5.92 Å². The van der Waals surface area contributed by atoms with Crippen LogP contribution >= 0.6 is 0 Å². The molecule has 0 N–H and O–H groups in total. The van der Waals surface area contributed by atoms with Crippen molar-refractivity contribution < 1.29 is 9.53 Å². The molecule has 0 aliphatic heterocycles. The van der Waals surface area contributed by atoms with Gasteiger partial charge in [-0.3, -0.25) is 4.79 Å². The molecule has 0 bridgehead atoms. The lowest BCUT2D eigenvalue weighted by molar-refractivity contribution is -0.121. The van der Waals surface area contributed by atoms with Crippen LogP contribution in [0.2, 0.25) is 0 Å². The maximum absolute atomic E-state index is 11.0. The summed E-state index contributed by atoms with van der Waals surface area (Å²) in [5, 5.41) is 0. The van der Waals surface area contributed by atoms with Gasteiger partial charge in [-0.15, -0.1) is 0 Å². The first-order valence-corrected chi connectivity index (χ1v) is 3.77. The van der Waals surface area contributed by atoms with Crippen LogP contribution in [0.3, 0.4) is 0 Å². The fraction of sp³-hybridized carbons (Fsp3) is 0.875. The van der Waals surface area contributed by atoms with Crippen molar-refractivity contribution in [3.05, 3.63) is 0 Å². The summed E-state index contributed by atoms with van der Waals surface area (Å²) in [7, 11) is 1.69. The third-order valence-corrected chi connectivity index (χ3v) is 2.36. The van der Waals surface area contributed by atoms with Crippen LogP contribution < -0.4 is 0 Å². The summed E-state index contributed by atoms with van der Waals surface area (Å²) in [4.78, 5) is 11.0. The van der Waals surface area contributed by atoms with Crippen LogP contribution in [0.25, 0.3) is 0 Å². The van der Waals surface area contributed by atoms with Gasteiger partial charge in [0, 0.05) is 26.1 Å². The molecular formula is C8H14O2. The summed E-state index contributed by atoms with van der Waals surface area (Å²) in [6.45, 7) is 2.74. The molecule has 1 aliphatic rings. The zero-order chi connectivity index (χ0) is 7.56. The van der Waals surface area contributed by atoms with Gasteiger partial charge < -0.3 is 4.74 Å². The van der Waals surface area contributed by atoms with Gasteiger partial charge in [-0.2, -0.15) is 0 Å². The first-order valence-electron chi connectivity index (χ1n) is 3.77. The van der Waals surface area contributed by atoms with Crippen molar-refractivity contribution in [2.24, 2.45) is 11.8 Å². The predicted molar refractivity (Wildman–Crippen MR) is 38.8 cm³/mol. The first kappa shape index (κ1) is 7.73. The van der Waals surface area contributed by atoms with Crippen molar-refractivity contribution in [1.82, 2.24) is 0 Å². The van der Waals surface area contributed by atoms with E-state index < -0.39 is 0 Å². The fourth-order valence-electron chi connectivity index (χ4n) is 1.51. The lowest BCUT2D eigenvalue weighted by Gasteiger charge is -2.11. The van der Waals surface area contributed by atoms with E-state index in [1.807, 2.05) is 6.92 Å². The minimum absolute atomic E-state index is 0.236. The standard InChI is InChI=1S/C8H14O2/c1-6-7(5-10-2)3-4-8(6)9/h6-7H,3-5H2,1-2H3. The maximum atomic E-state index is 11.0. The van der Waals surface area contributed by atoms with Crippen LogP contribution in [-0.2, 0) is 9.53 Å². The van der Waals surface area contributed by atoms with E-state index in [4.69, 9.17) is 4.74 Å². The summed E-state index contributed by atoms with van der Waals surface area (Å²) in [6.07, 6.45) is 1.78. The second-order valence-corrected chi connectivity index (χ2v) is 3.01. The molecule has 0 aromatic heterocycles. The molecule has 1 rings (SSSR count). The third kappa shape index (κ3) is 1.37. The highest BCUT2D eigenvalue weighted by Gasteiger charge is 2.30. The zero-order valence-electron chi connectivity index (χ0n) is 6.59. The molecule has 2 unspecified atom stereocenters. The minimum Gasteiger partial charge on any atom is -0.384 e. The molecule has 2 atom stereocenters. The number of carbonyl (C=O) groups is 1. The molecule has 58 valence electrons. The number of methoxy groups -OCH3 is 1. The molecule has 10 heavy (non-hydrogen) atoms.